The molecule has 1 saturated heterocycles. The minimum atomic E-state index is -0.372. The molecule has 22 heavy (non-hydrogen) atoms. The van der Waals surface area contributed by atoms with Crippen LogP contribution in [0.25, 0.3) is 0 Å². The number of piperidine rings is 1. The molecule has 1 aliphatic heterocycles. The second-order valence-corrected chi connectivity index (χ2v) is 5.82. The molecule has 1 aromatic rings. The fourth-order valence-electron chi connectivity index (χ4n) is 2.72. The minimum absolute atomic E-state index is 0.0950. The van der Waals surface area contributed by atoms with E-state index in [2.05, 4.69) is 5.32 Å². The summed E-state index contributed by atoms with van der Waals surface area (Å²) >= 11 is 0. The van der Waals surface area contributed by atoms with Gasteiger partial charge in [-0.3, -0.25) is 9.59 Å². The van der Waals surface area contributed by atoms with Crippen molar-refractivity contribution in [3.63, 3.8) is 0 Å². The zero-order valence-electron chi connectivity index (χ0n) is 13.0. The number of amides is 2. The summed E-state index contributed by atoms with van der Waals surface area (Å²) in [6, 6.07) is 3.26. The smallest absolute Gasteiger partial charge is 0.286 e. The van der Waals surface area contributed by atoms with Crippen LogP contribution in [-0.4, -0.2) is 47.6 Å². The van der Waals surface area contributed by atoms with Crippen LogP contribution in [-0.2, 0) is 4.79 Å². The number of nitrogens with zero attached hydrogens (tertiary/aromatic N) is 1. The molecule has 2 heterocycles. The minimum Gasteiger partial charge on any atom is -0.459 e. The maximum absolute atomic E-state index is 12.2. The van der Waals surface area contributed by atoms with Gasteiger partial charge >= 0.3 is 0 Å². The first-order valence-corrected chi connectivity index (χ1v) is 7.85. The zero-order valence-corrected chi connectivity index (χ0v) is 13.0. The van der Waals surface area contributed by atoms with E-state index in [1.54, 1.807) is 19.1 Å². The summed E-state index contributed by atoms with van der Waals surface area (Å²) in [6.45, 7) is 3.62. The molecular weight excluding hydrogens is 284 g/mol. The van der Waals surface area contributed by atoms with E-state index in [9.17, 15) is 14.7 Å². The maximum Gasteiger partial charge on any atom is 0.286 e. The highest BCUT2D eigenvalue weighted by Crippen LogP contribution is 2.20. The molecule has 2 unspecified atom stereocenters. The number of rotatable bonds is 6. The quantitative estimate of drug-likeness (QED) is 0.778. The van der Waals surface area contributed by atoms with Crippen LogP contribution in [0, 0.1) is 5.92 Å². The van der Waals surface area contributed by atoms with Gasteiger partial charge < -0.3 is 19.7 Å². The van der Waals surface area contributed by atoms with Gasteiger partial charge in [-0.05, 0) is 38.3 Å². The van der Waals surface area contributed by atoms with E-state index < -0.39 is 0 Å². The van der Waals surface area contributed by atoms with Crippen LogP contribution in [0.1, 0.15) is 43.2 Å². The molecule has 0 saturated carbocycles. The van der Waals surface area contributed by atoms with E-state index in [1.807, 2.05) is 4.90 Å². The molecular formula is C16H24N2O4. The van der Waals surface area contributed by atoms with Gasteiger partial charge in [0.05, 0.1) is 12.4 Å². The second-order valence-electron chi connectivity index (χ2n) is 5.82. The van der Waals surface area contributed by atoms with Crippen LogP contribution in [0.15, 0.2) is 22.8 Å². The molecule has 2 rings (SSSR count). The highest BCUT2D eigenvalue weighted by atomic mass is 16.3. The van der Waals surface area contributed by atoms with E-state index in [-0.39, 0.29) is 29.6 Å². The van der Waals surface area contributed by atoms with Crippen LogP contribution in [0.5, 0.6) is 0 Å². The van der Waals surface area contributed by atoms with E-state index in [0.717, 1.165) is 19.4 Å². The Balaban J connectivity index is 1.66. The van der Waals surface area contributed by atoms with Gasteiger partial charge in [-0.15, -0.1) is 0 Å². The maximum atomic E-state index is 12.2. The Morgan fingerprint density at radius 2 is 2.36 bits per heavy atom. The Kier molecular flexibility index (Phi) is 6.00. The molecule has 1 aliphatic rings. The van der Waals surface area contributed by atoms with E-state index in [0.29, 0.717) is 25.9 Å². The number of aliphatic hydroxyl groups excluding tert-OH is 1. The van der Waals surface area contributed by atoms with Gasteiger partial charge in [-0.25, -0.2) is 0 Å². The Hall–Kier alpha value is -1.82. The fourth-order valence-corrected chi connectivity index (χ4v) is 2.72. The van der Waals surface area contributed by atoms with Gasteiger partial charge in [-0.1, -0.05) is 0 Å². The number of hydrogen-bond acceptors (Lipinski definition) is 4. The lowest BCUT2D eigenvalue weighted by molar-refractivity contribution is -0.133. The van der Waals surface area contributed by atoms with Gasteiger partial charge in [0, 0.05) is 32.0 Å². The largest absolute Gasteiger partial charge is 0.459 e. The van der Waals surface area contributed by atoms with Crippen LogP contribution in [0.3, 0.4) is 0 Å². The molecule has 2 N–H and O–H groups in total. The Bertz CT molecular complexity index is 484. The highest BCUT2D eigenvalue weighted by Gasteiger charge is 2.25. The van der Waals surface area contributed by atoms with Gasteiger partial charge in [0.15, 0.2) is 5.76 Å². The molecule has 0 spiro atoms. The van der Waals surface area contributed by atoms with Crippen molar-refractivity contribution in [2.24, 2.45) is 5.92 Å². The van der Waals surface area contributed by atoms with E-state index in [4.69, 9.17) is 4.42 Å². The van der Waals surface area contributed by atoms with Crippen LogP contribution in [0.4, 0.5) is 0 Å². The summed E-state index contributed by atoms with van der Waals surface area (Å²) in [5, 5.41) is 12.4. The summed E-state index contributed by atoms with van der Waals surface area (Å²) in [6.07, 6.45) is 4.00. The highest BCUT2D eigenvalue weighted by molar-refractivity contribution is 5.91. The third kappa shape index (κ3) is 4.59. The number of nitrogens with one attached hydrogen (secondary N) is 1. The molecule has 0 aromatic carbocycles. The number of likely N-dealkylation sites (tertiary alicyclic amines) is 1. The monoisotopic (exact) mass is 308 g/mol. The van der Waals surface area contributed by atoms with Crippen molar-refractivity contribution in [3.05, 3.63) is 24.2 Å². The molecule has 6 heteroatoms. The summed E-state index contributed by atoms with van der Waals surface area (Å²) < 4.78 is 4.99. The van der Waals surface area contributed by atoms with Crippen molar-refractivity contribution in [3.8, 4) is 0 Å². The number of aliphatic hydroxyl groups is 1. The summed E-state index contributed by atoms with van der Waals surface area (Å²) in [5.41, 5.74) is 0. The van der Waals surface area contributed by atoms with Gasteiger partial charge in [0.1, 0.15) is 0 Å². The third-order valence-corrected chi connectivity index (χ3v) is 4.09. The van der Waals surface area contributed by atoms with Gasteiger partial charge in [0.2, 0.25) is 5.91 Å². The lowest BCUT2D eigenvalue weighted by Crippen LogP contribution is -2.43. The second kappa shape index (κ2) is 7.98. The normalized spacial score (nSPS) is 19.7. The number of carbonyl (C=O) groups is 2. The van der Waals surface area contributed by atoms with Crippen molar-refractivity contribution < 1.29 is 19.1 Å². The van der Waals surface area contributed by atoms with Gasteiger partial charge in [-0.2, -0.15) is 0 Å². The first kappa shape index (κ1) is 16.5. The van der Waals surface area contributed by atoms with Crippen molar-refractivity contribution in [1.82, 2.24) is 10.2 Å². The summed E-state index contributed by atoms with van der Waals surface area (Å²) in [4.78, 5) is 25.6. The van der Waals surface area contributed by atoms with Crippen LogP contribution >= 0.6 is 0 Å². The first-order valence-electron chi connectivity index (χ1n) is 7.85. The Labute approximate surface area is 130 Å². The molecule has 2 atom stereocenters. The molecule has 1 aromatic heterocycles. The fraction of sp³-hybridized carbons (Fsp3) is 0.625. The Morgan fingerprint density at radius 1 is 1.55 bits per heavy atom. The molecule has 2 amide bonds. The van der Waals surface area contributed by atoms with E-state index >= 15 is 0 Å². The lowest BCUT2D eigenvalue weighted by Gasteiger charge is -2.34. The average molecular weight is 308 g/mol. The SMILES string of the molecule is CC(O)C1CCCN(C(=O)CCCNC(=O)c2ccco2)C1. The topological polar surface area (TPSA) is 82.8 Å². The lowest BCUT2D eigenvalue weighted by atomic mass is 9.93. The number of hydrogen-bond donors (Lipinski definition) is 2. The van der Waals surface area contributed by atoms with Crippen LogP contribution < -0.4 is 5.32 Å². The third-order valence-electron chi connectivity index (χ3n) is 4.09. The van der Waals surface area contributed by atoms with Crippen LogP contribution in [0.2, 0.25) is 0 Å². The Morgan fingerprint density at radius 3 is 3.05 bits per heavy atom. The number of carbonyl (C=O) groups excluding carboxylic acids is 2. The van der Waals surface area contributed by atoms with Crippen molar-refractivity contribution in [2.45, 2.75) is 38.7 Å². The van der Waals surface area contributed by atoms with Crippen molar-refractivity contribution >= 4 is 11.8 Å². The average Bonchev–Trinajstić information content (AvgIpc) is 3.05. The van der Waals surface area contributed by atoms with Crippen molar-refractivity contribution in [2.75, 3.05) is 19.6 Å². The number of furan rings is 1. The molecule has 0 radical (unpaired) electrons. The van der Waals surface area contributed by atoms with Crippen molar-refractivity contribution in [1.29, 1.82) is 0 Å². The first-order chi connectivity index (χ1) is 10.6. The molecule has 0 bridgehead atoms. The summed E-state index contributed by atoms with van der Waals surface area (Å²) in [7, 11) is 0. The predicted molar refractivity (Wildman–Crippen MR) is 81.3 cm³/mol. The van der Waals surface area contributed by atoms with E-state index in [1.165, 1.54) is 6.26 Å². The van der Waals surface area contributed by atoms with Gasteiger partial charge in [0.25, 0.3) is 5.91 Å². The molecule has 1 fully saturated rings. The standard InChI is InChI=1S/C16H24N2O4/c1-12(19)13-5-3-9-18(11-13)15(20)7-2-8-17-16(21)14-6-4-10-22-14/h4,6,10,12-13,19H,2-3,5,7-9,11H2,1H3,(H,17,21). The zero-order chi connectivity index (χ0) is 15.9. The summed E-state index contributed by atoms with van der Waals surface area (Å²) in [5.74, 6) is 0.292. The predicted octanol–water partition coefficient (Wildman–Crippen LogP) is 1.41. The molecule has 122 valence electrons. The molecule has 0 aliphatic carbocycles. The molecule has 6 nitrogen and oxygen atoms in total.